The summed E-state index contributed by atoms with van der Waals surface area (Å²) < 4.78 is 37.6. The largest absolute Gasteiger partial charge is 1.00 e. The first-order valence-corrected chi connectivity index (χ1v) is 34.5. The molecule has 0 aliphatic carbocycles. The zero-order valence-corrected chi connectivity index (χ0v) is 63.6. The molecule has 26 heteroatoms. The molecule has 518 valence electrons. The number of benzene rings is 4. The van der Waals surface area contributed by atoms with E-state index in [0.29, 0.717) is 89.6 Å². The smallest absolute Gasteiger partial charge is 0.870 e. The third-order valence-electron chi connectivity index (χ3n) is 17.5. The second-order valence-corrected chi connectivity index (χ2v) is 28.9. The number of likely N-dealkylation sites (tertiary alicyclic amines) is 2. The maximum Gasteiger partial charge on any atom is 1.00 e. The summed E-state index contributed by atoms with van der Waals surface area (Å²) in [5.41, 5.74) is 9.27. The number of aromatic nitrogens is 10. The fourth-order valence-corrected chi connectivity index (χ4v) is 13.4. The van der Waals surface area contributed by atoms with Gasteiger partial charge in [0.15, 0.2) is 0 Å². The first-order valence-electron chi connectivity index (χ1n) is 32.6. The molecule has 0 unspecified atom stereocenters. The van der Waals surface area contributed by atoms with Crippen molar-refractivity contribution in [1.29, 1.82) is 10.5 Å². The summed E-state index contributed by atoms with van der Waals surface area (Å²) in [6.45, 7) is 25.5. The van der Waals surface area contributed by atoms with E-state index in [-0.39, 0.29) is 86.2 Å². The number of ether oxygens (including phenoxy) is 1. The van der Waals surface area contributed by atoms with E-state index in [0.717, 1.165) is 85.5 Å². The van der Waals surface area contributed by atoms with Gasteiger partial charge in [-0.2, -0.15) is 24.4 Å². The fraction of sp³-hybridized carbons (Fsp3) is 0.365. The van der Waals surface area contributed by atoms with Crippen LogP contribution in [0.4, 0.5) is 31.5 Å². The maximum absolute atomic E-state index is 13.9. The van der Waals surface area contributed by atoms with Crippen LogP contribution >= 0.6 is 58.0 Å². The predicted molar refractivity (Wildman–Crippen MR) is 389 cm³/mol. The standard InChI is InChI=1S/C37H39Cl2FN8O.C34H32Cl3FN8.C3H7.Na.H2O/c1-22(2)49-34-9-6-24(19-42-34)28(33-21-48(46-45-33)27-10-12-47(13-11-27)37(3,4)5)14-23-15-29-35(44-26-7-8-32(40)30(38)17-26)25(18-41)20-43-36(29)31(39)16-23;1-34(2,3)45-10-8-24(9-11-45)46-19-30(43-44-46)25(21-4-7-31(37)40-17-21)12-20-13-26-32(42-23-5-6-29(38)27(35)15-23)22(16-39)18-41-33(26)28(36)14-20;1-3-2;;/h6-9,15-17,19-22,27-28H,10-14H2,1-5H3,(H,43,44);4-7,13-15,17-19,24-25H,8-12H2,1-3H3,(H,41,42);3H,1-2H3;;1H2/q;;-1;+1;/p-1/t28-;25-;;;/m00.../s1. The van der Waals surface area contributed by atoms with Crippen LogP contribution in [0.1, 0.15) is 164 Å². The number of anilines is 4. The van der Waals surface area contributed by atoms with Crippen LogP contribution in [0, 0.1) is 40.7 Å². The molecule has 18 nitrogen and oxygen atoms in total. The van der Waals surface area contributed by atoms with Gasteiger partial charge < -0.3 is 27.3 Å². The number of piperidine rings is 2. The van der Waals surface area contributed by atoms with Crippen molar-refractivity contribution in [2.75, 3.05) is 36.8 Å². The predicted octanol–water partition coefficient (Wildman–Crippen LogP) is 15.7. The van der Waals surface area contributed by atoms with E-state index in [1.807, 2.05) is 98.3 Å². The van der Waals surface area contributed by atoms with E-state index in [1.165, 1.54) is 36.7 Å². The quantitative estimate of drug-likeness (QED) is 0.0520. The van der Waals surface area contributed by atoms with Crippen molar-refractivity contribution in [2.24, 2.45) is 0 Å². The monoisotopic (exact) mass is 1460 g/mol. The molecule has 2 atom stereocenters. The molecule has 0 bridgehead atoms. The summed E-state index contributed by atoms with van der Waals surface area (Å²) in [5.74, 6) is -0.938. The number of rotatable bonds is 16. The van der Waals surface area contributed by atoms with Crippen molar-refractivity contribution in [3.63, 3.8) is 0 Å². The second kappa shape index (κ2) is 34.7. The SMILES string of the molecule is CC(C)(C)N1CCC(n2cc([C@@H](Cc3cc(Cl)c4ncc(C#N)c(Nc5ccc(F)c(Cl)c5)c4c3)c3ccc(Cl)nc3)nn2)CC1.CC(C)Oc1ccc([C@H](Cc2cc(Cl)c3ncc(C#N)c(Nc4ccc(F)c(Cl)c4)c3c2)c2cn(C3CCN(C(C)(C)C)CC3)nn2)cn1.C[CH-]C.[Na+].[OH-]. The molecular weight excluding hydrogens is 1380 g/mol. The van der Waals surface area contributed by atoms with Gasteiger partial charge in [0.1, 0.15) is 28.9 Å². The number of halogens is 7. The summed E-state index contributed by atoms with van der Waals surface area (Å²) in [6, 6.07) is 28.9. The van der Waals surface area contributed by atoms with E-state index in [1.54, 1.807) is 24.4 Å². The molecule has 2 saturated heterocycles. The first kappa shape index (κ1) is 78.6. The first-order chi connectivity index (χ1) is 46.8. The Kier molecular flexibility index (Phi) is 27.2. The Hall–Kier alpha value is -7.15. The van der Waals surface area contributed by atoms with Crippen LogP contribution in [-0.2, 0) is 12.8 Å². The van der Waals surface area contributed by atoms with Gasteiger partial charge in [0, 0.05) is 114 Å². The molecule has 4 aromatic carbocycles. The number of nitriles is 2. The molecule has 10 aromatic rings. The van der Waals surface area contributed by atoms with Crippen molar-refractivity contribution in [1.82, 2.24) is 59.7 Å². The summed E-state index contributed by atoms with van der Waals surface area (Å²) in [4.78, 5) is 22.9. The Morgan fingerprint density at radius 3 is 1.33 bits per heavy atom. The van der Waals surface area contributed by atoms with Gasteiger partial charge >= 0.3 is 29.6 Å². The van der Waals surface area contributed by atoms with Gasteiger partial charge in [0.25, 0.3) is 0 Å². The summed E-state index contributed by atoms with van der Waals surface area (Å²) >= 11 is 31.9. The number of hydrogen-bond acceptors (Lipinski definition) is 16. The van der Waals surface area contributed by atoms with Crippen molar-refractivity contribution < 1.29 is 48.6 Å². The molecule has 3 N–H and O–H groups in total. The van der Waals surface area contributed by atoms with Gasteiger partial charge in [-0.15, -0.1) is 10.2 Å². The topological polar surface area (TPSA) is 230 Å². The van der Waals surface area contributed by atoms with E-state index in [2.05, 4.69) is 116 Å². The van der Waals surface area contributed by atoms with Gasteiger partial charge in [0.2, 0.25) is 5.88 Å². The number of fused-ring (bicyclic) bond motifs is 2. The van der Waals surface area contributed by atoms with Gasteiger partial charge in [-0.05, 0) is 183 Å². The molecule has 0 saturated carbocycles. The van der Waals surface area contributed by atoms with E-state index in [9.17, 15) is 19.3 Å². The zero-order valence-electron chi connectivity index (χ0n) is 57.8. The van der Waals surface area contributed by atoms with Crippen LogP contribution in [0.3, 0.4) is 0 Å². The minimum Gasteiger partial charge on any atom is -0.870 e. The molecule has 2 aliphatic heterocycles. The Bertz CT molecular complexity index is 4520. The van der Waals surface area contributed by atoms with E-state index >= 15 is 0 Å². The molecule has 2 aliphatic rings. The Balaban J connectivity index is 0.000000241. The third kappa shape index (κ3) is 19.3. The molecule has 12 rings (SSSR count). The van der Waals surface area contributed by atoms with E-state index < -0.39 is 11.6 Å². The summed E-state index contributed by atoms with van der Waals surface area (Å²) in [6.07, 6.45) is 17.6. The van der Waals surface area contributed by atoms with Gasteiger partial charge in [0.05, 0.1) is 83.2 Å². The van der Waals surface area contributed by atoms with Crippen LogP contribution in [0.2, 0.25) is 25.2 Å². The summed E-state index contributed by atoms with van der Waals surface area (Å²) in [7, 11) is 0. The van der Waals surface area contributed by atoms with Crippen molar-refractivity contribution in [3.05, 3.63) is 210 Å². The molecule has 6 aromatic heterocycles. The van der Waals surface area contributed by atoms with Crippen molar-refractivity contribution in [2.45, 2.75) is 149 Å². The second-order valence-electron chi connectivity index (χ2n) is 26.9. The van der Waals surface area contributed by atoms with Crippen molar-refractivity contribution >= 4 is 103 Å². The van der Waals surface area contributed by atoms with Crippen LogP contribution in [0.15, 0.2) is 122 Å². The number of nitrogens with zero attached hydrogens (tertiary/aromatic N) is 14. The van der Waals surface area contributed by atoms with Crippen LogP contribution in [0.5, 0.6) is 5.88 Å². The average molecular weight is 1460 g/mol. The molecule has 8 heterocycles. The average Bonchev–Trinajstić information content (AvgIpc) is 0.978. The molecule has 0 spiro atoms. The van der Waals surface area contributed by atoms with Gasteiger partial charge in [-0.25, -0.2) is 28.1 Å². The maximum atomic E-state index is 13.9. The summed E-state index contributed by atoms with van der Waals surface area (Å²) in [5, 5.41) is 47.5. The molecule has 100 heavy (non-hydrogen) atoms. The van der Waals surface area contributed by atoms with Gasteiger partial charge in [-0.3, -0.25) is 19.8 Å². The van der Waals surface area contributed by atoms with E-state index in [4.69, 9.17) is 67.8 Å². The van der Waals surface area contributed by atoms with Gasteiger partial charge in [-0.1, -0.05) is 80.6 Å². The molecule has 0 radical (unpaired) electrons. The minimum absolute atomic E-state index is 0. The number of nitrogens with one attached hydrogen (secondary N) is 2. The van der Waals surface area contributed by atoms with Crippen LogP contribution in [-0.4, -0.2) is 109 Å². The van der Waals surface area contributed by atoms with Crippen molar-refractivity contribution in [3.8, 4) is 18.0 Å². The third-order valence-corrected chi connectivity index (χ3v) is 18.9. The minimum atomic E-state index is -0.535. The number of hydrogen-bond donors (Lipinski definition) is 2. The van der Waals surface area contributed by atoms with Crippen LogP contribution < -0.4 is 44.9 Å². The number of pyridine rings is 4. The molecular formula is C74H79Cl5F2N16NaO2-. The normalized spacial score (nSPS) is 14.5. The van der Waals surface area contributed by atoms with Crippen LogP contribution in [0.25, 0.3) is 21.8 Å². The zero-order chi connectivity index (χ0) is 70.2. The fourth-order valence-electron chi connectivity index (χ4n) is 12.4. The Labute approximate surface area is 630 Å². The molecule has 0 amide bonds. The Morgan fingerprint density at radius 1 is 0.570 bits per heavy atom. The molecule has 2 fully saturated rings. The Morgan fingerprint density at radius 2 is 0.980 bits per heavy atom.